The van der Waals surface area contributed by atoms with Crippen LogP contribution in [0.2, 0.25) is 0 Å². The second-order valence-electron chi connectivity index (χ2n) is 3.46. The number of amides is 1. The van der Waals surface area contributed by atoms with E-state index in [0.29, 0.717) is 0 Å². The number of halogens is 3. The third-order valence-corrected chi connectivity index (χ3v) is 2.47. The van der Waals surface area contributed by atoms with Gasteiger partial charge in [-0.2, -0.15) is 0 Å². The highest BCUT2D eigenvalue weighted by atomic mass is 19.2. The molecule has 15 heavy (non-hydrogen) atoms. The number of hydrogen-bond acceptors (Lipinski definition) is 1. The van der Waals surface area contributed by atoms with Gasteiger partial charge in [0.15, 0.2) is 11.6 Å². The zero-order valence-electron chi connectivity index (χ0n) is 7.69. The van der Waals surface area contributed by atoms with Gasteiger partial charge in [0.25, 0.3) is 0 Å². The maximum absolute atomic E-state index is 13.3. The van der Waals surface area contributed by atoms with E-state index in [9.17, 15) is 18.0 Å². The Morgan fingerprint density at radius 3 is 2.47 bits per heavy atom. The highest BCUT2D eigenvalue weighted by molar-refractivity contribution is 5.79. The van der Waals surface area contributed by atoms with Crippen LogP contribution in [0.3, 0.4) is 0 Å². The molecular formula is C10H8F3NO. The normalized spacial score (nSPS) is 20.5. The minimum Gasteiger partial charge on any atom is -0.355 e. The Hall–Kier alpha value is -1.52. The van der Waals surface area contributed by atoms with Crippen LogP contribution in [0.25, 0.3) is 0 Å². The fourth-order valence-electron chi connectivity index (χ4n) is 1.73. The van der Waals surface area contributed by atoms with Crippen LogP contribution in [0.15, 0.2) is 12.1 Å². The minimum atomic E-state index is -1.20. The maximum atomic E-state index is 13.3. The van der Waals surface area contributed by atoms with Gasteiger partial charge in [-0.25, -0.2) is 13.2 Å². The van der Waals surface area contributed by atoms with E-state index in [-0.39, 0.29) is 24.4 Å². The van der Waals surface area contributed by atoms with Crippen molar-refractivity contribution >= 4 is 5.91 Å². The monoisotopic (exact) mass is 215 g/mol. The molecule has 0 radical (unpaired) electrons. The van der Waals surface area contributed by atoms with Gasteiger partial charge in [-0.1, -0.05) is 0 Å². The van der Waals surface area contributed by atoms with Gasteiger partial charge < -0.3 is 5.32 Å². The summed E-state index contributed by atoms with van der Waals surface area (Å²) in [5.41, 5.74) is -0.339. The summed E-state index contributed by atoms with van der Waals surface area (Å²) in [6.07, 6.45) is -0.00269. The number of carbonyl (C=O) groups is 1. The third kappa shape index (κ3) is 1.69. The predicted molar refractivity (Wildman–Crippen MR) is 46.7 cm³/mol. The standard InChI is InChI=1S/C10H8F3NO/c11-6-1-2-7(12)10(13)9(6)5-3-8(15)14-4-5/h1-2,5H,3-4H2,(H,14,15)/t5-/m0/s1. The number of rotatable bonds is 1. The second-order valence-corrected chi connectivity index (χ2v) is 3.46. The molecule has 0 aliphatic carbocycles. The van der Waals surface area contributed by atoms with Gasteiger partial charge in [0.2, 0.25) is 5.91 Å². The fraction of sp³-hybridized carbons (Fsp3) is 0.300. The lowest BCUT2D eigenvalue weighted by molar-refractivity contribution is -0.119. The summed E-state index contributed by atoms with van der Waals surface area (Å²) in [5.74, 6) is -3.99. The zero-order chi connectivity index (χ0) is 11.0. The molecule has 0 bridgehead atoms. The van der Waals surface area contributed by atoms with E-state index >= 15 is 0 Å². The molecule has 0 saturated carbocycles. The molecular weight excluding hydrogens is 207 g/mol. The number of hydrogen-bond donors (Lipinski definition) is 1. The van der Waals surface area contributed by atoms with Crippen molar-refractivity contribution in [3.63, 3.8) is 0 Å². The van der Waals surface area contributed by atoms with Crippen molar-refractivity contribution in [1.29, 1.82) is 0 Å². The van der Waals surface area contributed by atoms with Crippen molar-refractivity contribution in [2.45, 2.75) is 12.3 Å². The Balaban J connectivity index is 2.43. The van der Waals surface area contributed by atoms with Crippen molar-refractivity contribution in [2.24, 2.45) is 0 Å². The first-order chi connectivity index (χ1) is 7.09. The average molecular weight is 215 g/mol. The molecule has 0 aromatic heterocycles. The summed E-state index contributed by atoms with van der Waals surface area (Å²) < 4.78 is 39.4. The van der Waals surface area contributed by atoms with E-state index in [4.69, 9.17) is 0 Å². The van der Waals surface area contributed by atoms with E-state index in [1.165, 1.54) is 0 Å². The molecule has 1 aliphatic rings. The van der Waals surface area contributed by atoms with Gasteiger partial charge in [-0.3, -0.25) is 4.79 Å². The molecule has 0 spiro atoms. The van der Waals surface area contributed by atoms with Gasteiger partial charge in [-0.15, -0.1) is 0 Å². The molecule has 0 unspecified atom stereocenters. The van der Waals surface area contributed by atoms with Crippen LogP contribution in [0, 0.1) is 17.5 Å². The molecule has 1 N–H and O–H groups in total. The lowest BCUT2D eigenvalue weighted by Gasteiger charge is -2.10. The Morgan fingerprint density at radius 2 is 1.87 bits per heavy atom. The minimum absolute atomic E-state index is 0.00269. The summed E-state index contributed by atoms with van der Waals surface area (Å²) in [6.45, 7) is 0.149. The van der Waals surface area contributed by atoms with E-state index in [1.54, 1.807) is 0 Å². The molecule has 2 nitrogen and oxygen atoms in total. The van der Waals surface area contributed by atoms with E-state index in [2.05, 4.69) is 5.32 Å². The number of carbonyl (C=O) groups excluding carboxylic acids is 1. The van der Waals surface area contributed by atoms with Crippen molar-refractivity contribution < 1.29 is 18.0 Å². The lowest BCUT2D eigenvalue weighted by Crippen LogP contribution is -2.14. The van der Waals surface area contributed by atoms with Crippen molar-refractivity contribution in [3.05, 3.63) is 35.1 Å². The topological polar surface area (TPSA) is 29.1 Å². The first-order valence-corrected chi connectivity index (χ1v) is 4.49. The van der Waals surface area contributed by atoms with E-state index in [0.717, 1.165) is 12.1 Å². The summed E-state index contributed by atoms with van der Waals surface area (Å²) in [5, 5.41) is 2.45. The van der Waals surface area contributed by atoms with Crippen molar-refractivity contribution in [2.75, 3.05) is 6.54 Å². The van der Waals surface area contributed by atoms with Crippen LogP contribution in [-0.2, 0) is 4.79 Å². The van der Waals surface area contributed by atoms with Gasteiger partial charge in [-0.05, 0) is 12.1 Å². The molecule has 1 fully saturated rings. The highest BCUT2D eigenvalue weighted by Crippen LogP contribution is 2.28. The number of nitrogens with one attached hydrogen (secondary N) is 1. The smallest absolute Gasteiger partial charge is 0.220 e. The summed E-state index contributed by atoms with van der Waals surface area (Å²) in [6, 6.07) is 1.61. The zero-order valence-corrected chi connectivity index (χ0v) is 7.69. The Labute approximate surface area is 84.1 Å². The first kappa shape index (κ1) is 10.0. The van der Waals surface area contributed by atoms with Crippen molar-refractivity contribution in [1.82, 2.24) is 5.32 Å². The van der Waals surface area contributed by atoms with Gasteiger partial charge in [0, 0.05) is 24.4 Å². The summed E-state index contributed by atoms with van der Waals surface area (Å²) in [4.78, 5) is 10.9. The van der Waals surface area contributed by atoms with Gasteiger partial charge in [0.1, 0.15) is 5.82 Å². The quantitative estimate of drug-likeness (QED) is 0.710. The van der Waals surface area contributed by atoms with Crippen LogP contribution in [0.1, 0.15) is 17.9 Å². The largest absolute Gasteiger partial charge is 0.355 e. The Morgan fingerprint density at radius 1 is 1.20 bits per heavy atom. The summed E-state index contributed by atoms with van der Waals surface area (Å²) in [7, 11) is 0. The van der Waals surface area contributed by atoms with Crippen LogP contribution in [-0.4, -0.2) is 12.5 Å². The Kier molecular flexibility index (Phi) is 2.38. The molecule has 2 rings (SSSR count). The van der Waals surface area contributed by atoms with Crippen LogP contribution in [0.4, 0.5) is 13.2 Å². The molecule has 80 valence electrons. The predicted octanol–water partition coefficient (Wildman–Crippen LogP) is 1.71. The first-order valence-electron chi connectivity index (χ1n) is 4.49. The highest BCUT2D eigenvalue weighted by Gasteiger charge is 2.29. The molecule has 1 aromatic carbocycles. The SMILES string of the molecule is O=C1C[C@H](c2c(F)ccc(F)c2F)CN1. The molecule has 1 heterocycles. The number of benzene rings is 1. The molecule has 1 amide bonds. The van der Waals surface area contributed by atoms with Crippen LogP contribution in [0.5, 0.6) is 0 Å². The van der Waals surface area contributed by atoms with Gasteiger partial charge >= 0.3 is 0 Å². The molecule has 1 aliphatic heterocycles. The maximum Gasteiger partial charge on any atom is 0.220 e. The molecule has 5 heteroatoms. The Bertz CT molecular complexity index is 419. The van der Waals surface area contributed by atoms with Crippen molar-refractivity contribution in [3.8, 4) is 0 Å². The van der Waals surface area contributed by atoms with E-state index < -0.39 is 23.4 Å². The third-order valence-electron chi connectivity index (χ3n) is 2.47. The molecule has 1 atom stereocenters. The molecule has 1 aromatic rings. The second kappa shape index (κ2) is 3.56. The van der Waals surface area contributed by atoms with Gasteiger partial charge in [0.05, 0.1) is 0 Å². The van der Waals surface area contributed by atoms with Crippen LogP contribution < -0.4 is 5.32 Å². The fourth-order valence-corrected chi connectivity index (χ4v) is 1.73. The average Bonchev–Trinajstić information content (AvgIpc) is 2.59. The lowest BCUT2D eigenvalue weighted by atomic mass is 9.97. The van der Waals surface area contributed by atoms with Crippen LogP contribution >= 0.6 is 0 Å². The summed E-state index contributed by atoms with van der Waals surface area (Å²) >= 11 is 0. The molecule has 1 saturated heterocycles. The van der Waals surface area contributed by atoms with E-state index in [1.807, 2.05) is 0 Å².